The molecule has 0 aliphatic carbocycles. The molecule has 116 valence electrons. The van der Waals surface area contributed by atoms with E-state index in [4.69, 9.17) is 4.74 Å². The molecule has 22 heavy (non-hydrogen) atoms. The second kappa shape index (κ2) is 6.60. The molecule has 1 amide bonds. The number of amides is 1. The molecule has 1 N–H and O–H groups in total. The van der Waals surface area contributed by atoms with Crippen LogP contribution in [0.2, 0.25) is 0 Å². The Balaban J connectivity index is 2.16. The van der Waals surface area contributed by atoms with Crippen LogP contribution in [0, 0.1) is 0 Å². The van der Waals surface area contributed by atoms with E-state index in [1.54, 1.807) is 31.6 Å². The maximum Gasteiger partial charge on any atom is 0.251 e. The van der Waals surface area contributed by atoms with Crippen molar-refractivity contribution in [2.75, 3.05) is 7.11 Å². The number of ether oxygens (including phenoxy) is 1. The minimum Gasteiger partial charge on any atom is -0.496 e. The first-order valence-electron chi connectivity index (χ1n) is 7.27. The average molecular weight is 298 g/mol. The largest absolute Gasteiger partial charge is 0.496 e. The Bertz CT molecular complexity index is 646. The van der Waals surface area contributed by atoms with Crippen LogP contribution in [-0.2, 0) is 12.0 Å². The predicted octanol–water partition coefficient (Wildman–Crippen LogP) is 3.32. The molecule has 0 aliphatic heterocycles. The highest BCUT2D eigenvalue weighted by atomic mass is 16.5. The molecule has 1 heterocycles. The number of carbonyl (C=O) groups is 1. The Hall–Kier alpha value is -2.36. The van der Waals surface area contributed by atoms with E-state index < -0.39 is 0 Å². The first kappa shape index (κ1) is 16.0. The van der Waals surface area contributed by atoms with E-state index in [1.807, 2.05) is 6.07 Å². The molecule has 2 aromatic rings. The van der Waals surface area contributed by atoms with Gasteiger partial charge in [0.05, 0.1) is 7.11 Å². The number of nitrogens with zero attached hydrogens (tertiary/aromatic N) is 1. The third-order valence-electron chi connectivity index (χ3n) is 3.53. The fourth-order valence-corrected chi connectivity index (χ4v) is 2.16. The van der Waals surface area contributed by atoms with Gasteiger partial charge in [-0.25, -0.2) is 0 Å². The Morgan fingerprint density at radius 1 is 1.18 bits per heavy atom. The first-order chi connectivity index (χ1) is 10.4. The molecule has 4 nitrogen and oxygen atoms in total. The van der Waals surface area contributed by atoms with Gasteiger partial charge in [-0.1, -0.05) is 26.8 Å². The number of rotatable bonds is 4. The van der Waals surface area contributed by atoms with Crippen molar-refractivity contribution < 1.29 is 9.53 Å². The summed E-state index contributed by atoms with van der Waals surface area (Å²) in [5.74, 6) is 0.661. The number of hydrogen-bond acceptors (Lipinski definition) is 3. The lowest BCUT2D eigenvalue weighted by atomic mass is 9.86. The minimum absolute atomic E-state index is 0.0517. The molecule has 0 saturated heterocycles. The number of pyridine rings is 1. The molecule has 0 bridgehead atoms. The molecule has 2 rings (SSSR count). The maximum atomic E-state index is 12.1. The van der Waals surface area contributed by atoms with Crippen molar-refractivity contribution in [2.24, 2.45) is 0 Å². The summed E-state index contributed by atoms with van der Waals surface area (Å²) in [5.41, 5.74) is 2.83. The van der Waals surface area contributed by atoms with Crippen molar-refractivity contribution in [3.05, 3.63) is 59.4 Å². The summed E-state index contributed by atoms with van der Waals surface area (Å²) in [7, 11) is 1.64. The molecular formula is C18H22N2O2. The van der Waals surface area contributed by atoms with Crippen LogP contribution < -0.4 is 10.1 Å². The van der Waals surface area contributed by atoms with Crippen LogP contribution in [0.25, 0.3) is 0 Å². The zero-order chi connectivity index (χ0) is 16.2. The van der Waals surface area contributed by atoms with Gasteiger partial charge in [-0.3, -0.25) is 9.78 Å². The Morgan fingerprint density at radius 3 is 2.45 bits per heavy atom. The smallest absolute Gasteiger partial charge is 0.251 e. The van der Waals surface area contributed by atoms with Gasteiger partial charge in [0.25, 0.3) is 5.91 Å². The van der Waals surface area contributed by atoms with Gasteiger partial charge >= 0.3 is 0 Å². The van der Waals surface area contributed by atoms with Crippen molar-refractivity contribution in [1.82, 2.24) is 10.3 Å². The highest BCUT2D eigenvalue weighted by molar-refractivity contribution is 5.93. The first-order valence-corrected chi connectivity index (χ1v) is 7.27. The van der Waals surface area contributed by atoms with Gasteiger partial charge in [0.2, 0.25) is 0 Å². The van der Waals surface area contributed by atoms with Crippen molar-refractivity contribution in [3.63, 3.8) is 0 Å². The summed E-state index contributed by atoms with van der Waals surface area (Å²) in [5, 5.41) is 2.92. The van der Waals surface area contributed by atoms with E-state index >= 15 is 0 Å². The third-order valence-corrected chi connectivity index (χ3v) is 3.53. The quantitative estimate of drug-likeness (QED) is 0.942. The van der Waals surface area contributed by atoms with Gasteiger partial charge in [-0.15, -0.1) is 0 Å². The average Bonchev–Trinajstić information content (AvgIpc) is 2.52. The maximum absolute atomic E-state index is 12.1. The summed E-state index contributed by atoms with van der Waals surface area (Å²) in [6.45, 7) is 6.91. The van der Waals surface area contributed by atoms with Crippen molar-refractivity contribution >= 4 is 5.91 Å². The molecule has 1 aromatic heterocycles. The van der Waals surface area contributed by atoms with Crippen molar-refractivity contribution in [3.8, 4) is 5.75 Å². The van der Waals surface area contributed by atoms with Crippen LogP contribution in [0.5, 0.6) is 5.75 Å². The van der Waals surface area contributed by atoms with E-state index in [2.05, 4.69) is 43.2 Å². The SMILES string of the molecule is COc1ccc(C(C)(C)C)cc1CNC(=O)c1ccncc1. The highest BCUT2D eigenvalue weighted by Gasteiger charge is 2.16. The van der Waals surface area contributed by atoms with E-state index in [0.29, 0.717) is 12.1 Å². The topological polar surface area (TPSA) is 51.2 Å². The molecule has 0 radical (unpaired) electrons. The van der Waals surface area contributed by atoms with E-state index in [0.717, 1.165) is 11.3 Å². The van der Waals surface area contributed by atoms with E-state index in [1.165, 1.54) is 5.56 Å². The molecular weight excluding hydrogens is 276 g/mol. The lowest BCUT2D eigenvalue weighted by Gasteiger charge is -2.21. The van der Waals surface area contributed by atoms with E-state index in [9.17, 15) is 4.79 Å². The molecule has 4 heteroatoms. The van der Waals surface area contributed by atoms with Gasteiger partial charge in [-0.05, 0) is 35.2 Å². The molecule has 1 aromatic carbocycles. The van der Waals surface area contributed by atoms with Gasteiger partial charge in [-0.2, -0.15) is 0 Å². The van der Waals surface area contributed by atoms with Gasteiger partial charge in [0.1, 0.15) is 5.75 Å². The van der Waals surface area contributed by atoms with Gasteiger partial charge in [0.15, 0.2) is 0 Å². The van der Waals surface area contributed by atoms with Crippen LogP contribution >= 0.6 is 0 Å². The zero-order valence-corrected chi connectivity index (χ0v) is 13.5. The van der Waals surface area contributed by atoms with Crippen LogP contribution in [0.4, 0.5) is 0 Å². The minimum atomic E-state index is -0.120. The Kier molecular flexibility index (Phi) is 4.81. The number of carbonyl (C=O) groups excluding carboxylic acids is 1. The number of nitrogens with one attached hydrogen (secondary N) is 1. The highest BCUT2D eigenvalue weighted by Crippen LogP contribution is 2.27. The molecule has 0 saturated carbocycles. The fraction of sp³-hybridized carbons (Fsp3) is 0.333. The summed E-state index contributed by atoms with van der Waals surface area (Å²) in [4.78, 5) is 16.0. The number of aromatic nitrogens is 1. The third kappa shape index (κ3) is 3.85. The van der Waals surface area contributed by atoms with Crippen molar-refractivity contribution in [1.29, 1.82) is 0 Å². The Labute approximate surface area is 131 Å². The van der Waals surface area contributed by atoms with Crippen LogP contribution in [0.1, 0.15) is 42.3 Å². The predicted molar refractivity (Wildman–Crippen MR) is 87.1 cm³/mol. The second-order valence-corrected chi connectivity index (χ2v) is 6.20. The van der Waals surface area contributed by atoms with Gasteiger partial charge in [0, 0.05) is 30.1 Å². The van der Waals surface area contributed by atoms with Crippen LogP contribution in [0.15, 0.2) is 42.7 Å². The second-order valence-electron chi connectivity index (χ2n) is 6.20. The van der Waals surface area contributed by atoms with Gasteiger partial charge < -0.3 is 10.1 Å². The lowest BCUT2D eigenvalue weighted by molar-refractivity contribution is 0.0950. The molecule has 0 spiro atoms. The van der Waals surface area contributed by atoms with Crippen LogP contribution in [-0.4, -0.2) is 18.0 Å². The zero-order valence-electron chi connectivity index (χ0n) is 13.5. The molecule has 0 unspecified atom stereocenters. The summed E-state index contributed by atoms with van der Waals surface area (Å²) >= 11 is 0. The summed E-state index contributed by atoms with van der Waals surface area (Å²) < 4.78 is 5.39. The molecule has 0 atom stereocenters. The van der Waals surface area contributed by atoms with E-state index in [-0.39, 0.29) is 11.3 Å². The number of methoxy groups -OCH3 is 1. The molecule has 0 aliphatic rings. The standard InChI is InChI=1S/C18H22N2O2/c1-18(2,3)15-5-6-16(22-4)14(11-15)12-20-17(21)13-7-9-19-10-8-13/h5-11H,12H2,1-4H3,(H,20,21). The van der Waals surface area contributed by atoms with Crippen molar-refractivity contribution in [2.45, 2.75) is 32.7 Å². The number of hydrogen-bond donors (Lipinski definition) is 1. The fourth-order valence-electron chi connectivity index (χ4n) is 2.16. The van der Waals surface area contributed by atoms with Crippen LogP contribution in [0.3, 0.4) is 0 Å². The summed E-state index contributed by atoms with van der Waals surface area (Å²) in [6.07, 6.45) is 3.21. The lowest BCUT2D eigenvalue weighted by Crippen LogP contribution is -2.23. The number of benzene rings is 1. The monoisotopic (exact) mass is 298 g/mol. The Morgan fingerprint density at radius 2 is 1.86 bits per heavy atom. The normalized spacial score (nSPS) is 11.1. The summed E-state index contributed by atoms with van der Waals surface area (Å²) in [6, 6.07) is 9.49. The molecule has 0 fully saturated rings.